The van der Waals surface area contributed by atoms with Crippen molar-refractivity contribution in [3.8, 4) is 0 Å². The summed E-state index contributed by atoms with van der Waals surface area (Å²) >= 11 is 0. The highest BCUT2D eigenvalue weighted by atomic mass is 15.2. The van der Waals surface area contributed by atoms with Crippen LogP contribution < -0.4 is 5.32 Å². The minimum atomic E-state index is 0.374. The normalized spacial score (nSPS) is 20.9. The van der Waals surface area contributed by atoms with Gasteiger partial charge in [-0.2, -0.15) is 0 Å². The molecular formula is C13H18N4. The molecule has 1 aliphatic heterocycles. The predicted molar refractivity (Wildman–Crippen MR) is 67.8 cm³/mol. The molecule has 0 bridgehead atoms. The van der Waals surface area contributed by atoms with E-state index in [-0.39, 0.29) is 0 Å². The molecule has 1 fully saturated rings. The van der Waals surface area contributed by atoms with Gasteiger partial charge in [-0.25, -0.2) is 9.97 Å². The van der Waals surface area contributed by atoms with E-state index in [9.17, 15) is 0 Å². The third-order valence-corrected chi connectivity index (χ3v) is 3.43. The molecule has 3 heterocycles. The van der Waals surface area contributed by atoms with Gasteiger partial charge in [0.05, 0.1) is 6.17 Å². The van der Waals surface area contributed by atoms with Crippen molar-refractivity contribution in [2.75, 3.05) is 6.54 Å². The molecule has 1 unspecified atom stereocenters. The Kier molecular flexibility index (Phi) is 2.81. The molecule has 0 radical (unpaired) electrons. The topological polar surface area (TPSA) is 42.7 Å². The summed E-state index contributed by atoms with van der Waals surface area (Å²) in [6.45, 7) is 3.25. The first-order chi connectivity index (χ1) is 8.40. The van der Waals surface area contributed by atoms with Gasteiger partial charge in [0.1, 0.15) is 11.3 Å². The number of aromatic nitrogens is 3. The van der Waals surface area contributed by atoms with Gasteiger partial charge in [0.25, 0.3) is 0 Å². The lowest BCUT2D eigenvalue weighted by Gasteiger charge is -2.26. The van der Waals surface area contributed by atoms with Crippen molar-refractivity contribution in [2.45, 2.75) is 38.8 Å². The zero-order valence-electron chi connectivity index (χ0n) is 10.2. The molecule has 3 rings (SSSR count). The SMILES string of the molecule is CCc1nc2cccnc2n1C1CCCCN1. The largest absolute Gasteiger partial charge is 0.297 e. The minimum Gasteiger partial charge on any atom is -0.297 e. The summed E-state index contributed by atoms with van der Waals surface area (Å²) in [6.07, 6.45) is 6.91. The van der Waals surface area contributed by atoms with Gasteiger partial charge in [-0.05, 0) is 37.9 Å². The summed E-state index contributed by atoms with van der Waals surface area (Å²) in [5.41, 5.74) is 2.03. The molecule has 0 saturated carbocycles. The van der Waals surface area contributed by atoms with Gasteiger partial charge < -0.3 is 0 Å². The maximum Gasteiger partial charge on any atom is 0.161 e. The average molecular weight is 230 g/mol. The number of nitrogens with one attached hydrogen (secondary N) is 1. The zero-order valence-corrected chi connectivity index (χ0v) is 10.2. The summed E-state index contributed by atoms with van der Waals surface area (Å²) in [6, 6.07) is 3.99. The van der Waals surface area contributed by atoms with Crippen LogP contribution in [0.25, 0.3) is 11.2 Å². The molecule has 0 spiro atoms. The van der Waals surface area contributed by atoms with E-state index >= 15 is 0 Å². The Balaban J connectivity index is 2.11. The lowest BCUT2D eigenvalue weighted by molar-refractivity contribution is 0.319. The molecule has 2 aromatic heterocycles. The Morgan fingerprint density at radius 3 is 3.18 bits per heavy atom. The van der Waals surface area contributed by atoms with E-state index < -0.39 is 0 Å². The molecule has 0 aromatic carbocycles. The molecule has 1 saturated heterocycles. The Morgan fingerprint density at radius 1 is 1.47 bits per heavy atom. The predicted octanol–water partition coefficient (Wildman–Crippen LogP) is 2.27. The highest BCUT2D eigenvalue weighted by molar-refractivity contribution is 5.71. The van der Waals surface area contributed by atoms with Crippen molar-refractivity contribution in [1.82, 2.24) is 19.9 Å². The highest BCUT2D eigenvalue weighted by Gasteiger charge is 2.20. The van der Waals surface area contributed by atoms with Crippen LogP contribution in [0.4, 0.5) is 0 Å². The highest BCUT2D eigenvalue weighted by Crippen LogP contribution is 2.24. The van der Waals surface area contributed by atoms with E-state index in [1.807, 2.05) is 18.3 Å². The van der Waals surface area contributed by atoms with Gasteiger partial charge in [-0.3, -0.25) is 9.88 Å². The second-order valence-corrected chi connectivity index (χ2v) is 4.56. The lowest BCUT2D eigenvalue weighted by Crippen LogP contribution is -2.32. The standard InChI is InChI=1S/C13H18N4/c1-2-11-16-10-6-5-9-15-13(10)17(11)12-7-3-4-8-14-12/h5-6,9,12,14H,2-4,7-8H2,1H3. The quantitative estimate of drug-likeness (QED) is 0.860. The number of pyridine rings is 1. The molecule has 4 heteroatoms. The van der Waals surface area contributed by atoms with Crippen LogP contribution in [0.5, 0.6) is 0 Å². The summed E-state index contributed by atoms with van der Waals surface area (Å²) in [7, 11) is 0. The number of imidazole rings is 1. The maximum atomic E-state index is 4.67. The van der Waals surface area contributed by atoms with Gasteiger partial charge in [0.2, 0.25) is 0 Å². The Bertz CT molecular complexity index is 511. The molecule has 0 aliphatic carbocycles. The van der Waals surface area contributed by atoms with Crippen LogP contribution in [0.1, 0.15) is 38.2 Å². The second kappa shape index (κ2) is 4.45. The number of piperidine rings is 1. The fourth-order valence-corrected chi connectivity index (χ4v) is 2.61. The second-order valence-electron chi connectivity index (χ2n) is 4.56. The van der Waals surface area contributed by atoms with Crippen molar-refractivity contribution in [1.29, 1.82) is 0 Å². The first kappa shape index (κ1) is 10.7. The monoisotopic (exact) mass is 230 g/mol. The van der Waals surface area contributed by atoms with Crippen LogP contribution in [0, 0.1) is 0 Å². The van der Waals surface area contributed by atoms with Gasteiger partial charge in [-0.1, -0.05) is 6.92 Å². The van der Waals surface area contributed by atoms with E-state index in [1.54, 1.807) is 0 Å². The maximum absolute atomic E-state index is 4.67. The molecule has 90 valence electrons. The van der Waals surface area contributed by atoms with E-state index in [4.69, 9.17) is 0 Å². The first-order valence-corrected chi connectivity index (χ1v) is 6.45. The number of nitrogens with zero attached hydrogens (tertiary/aromatic N) is 3. The third kappa shape index (κ3) is 1.82. The number of aryl methyl sites for hydroxylation is 1. The Morgan fingerprint density at radius 2 is 2.41 bits per heavy atom. The molecular weight excluding hydrogens is 212 g/mol. The molecule has 0 amide bonds. The third-order valence-electron chi connectivity index (χ3n) is 3.43. The molecule has 1 N–H and O–H groups in total. The van der Waals surface area contributed by atoms with Crippen LogP contribution in [0.3, 0.4) is 0 Å². The summed E-state index contributed by atoms with van der Waals surface area (Å²) < 4.78 is 2.29. The van der Waals surface area contributed by atoms with Crippen molar-refractivity contribution in [3.63, 3.8) is 0 Å². The number of hydrogen-bond donors (Lipinski definition) is 1. The van der Waals surface area contributed by atoms with Crippen LogP contribution in [-0.2, 0) is 6.42 Å². The molecule has 4 nitrogen and oxygen atoms in total. The summed E-state index contributed by atoms with van der Waals surface area (Å²) in [5, 5.41) is 3.57. The average Bonchev–Trinajstić information content (AvgIpc) is 2.78. The van der Waals surface area contributed by atoms with Gasteiger partial charge in [0.15, 0.2) is 5.65 Å². The van der Waals surface area contributed by atoms with Crippen LogP contribution in [-0.4, -0.2) is 21.1 Å². The van der Waals surface area contributed by atoms with E-state index in [0.717, 1.165) is 30.0 Å². The van der Waals surface area contributed by atoms with Crippen molar-refractivity contribution < 1.29 is 0 Å². The smallest absolute Gasteiger partial charge is 0.161 e. The van der Waals surface area contributed by atoms with Crippen molar-refractivity contribution in [3.05, 3.63) is 24.2 Å². The zero-order chi connectivity index (χ0) is 11.7. The minimum absolute atomic E-state index is 0.374. The fourth-order valence-electron chi connectivity index (χ4n) is 2.61. The van der Waals surface area contributed by atoms with E-state index in [0.29, 0.717) is 6.17 Å². The number of rotatable bonds is 2. The van der Waals surface area contributed by atoms with Crippen LogP contribution in [0.15, 0.2) is 18.3 Å². The Labute approximate surface area is 101 Å². The van der Waals surface area contributed by atoms with Gasteiger partial charge in [0, 0.05) is 12.6 Å². The molecule has 2 aromatic rings. The lowest BCUT2D eigenvalue weighted by atomic mass is 10.1. The summed E-state index contributed by atoms with van der Waals surface area (Å²) in [5.74, 6) is 1.14. The fraction of sp³-hybridized carbons (Fsp3) is 0.538. The molecule has 17 heavy (non-hydrogen) atoms. The molecule has 1 aliphatic rings. The van der Waals surface area contributed by atoms with E-state index in [2.05, 4.69) is 26.8 Å². The van der Waals surface area contributed by atoms with Gasteiger partial charge >= 0.3 is 0 Å². The number of fused-ring (bicyclic) bond motifs is 1. The molecule has 1 atom stereocenters. The van der Waals surface area contributed by atoms with Crippen LogP contribution >= 0.6 is 0 Å². The summed E-state index contributed by atoms with van der Waals surface area (Å²) in [4.78, 5) is 9.15. The van der Waals surface area contributed by atoms with E-state index in [1.165, 1.54) is 19.3 Å². The Hall–Kier alpha value is -1.42. The van der Waals surface area contributed by atoms with Crippen molar-refractivity contribution >= 4 is 11.2 Å². The number of hydrogen-bond acceptors (Lipinski definition) is 3. The van der Waals surface area contributed by atoms with Crippen molar-refractivity contribution in [2.24, 2.45) is 0 Å². The van der Waals surface area contributed by atoms with Gasteiger partial charge in [-0.15, -0.1) is 0 Å². The van der Waals surface area contributed by atoms with Crippen LogP contribution in [0.2, 0.25) is 0 Å². The first-order valence-electron chi connectivity index (χ1n) is 6.45.